The van der Waals surface area contributed by atoms with E-state index in [1.54, 1.807) is 36.4 Å². The highest BCUT2D eigenvalue weighted by Crippen LogP contribution is 2.53. The summed E-state index contributed by atoms with van der Waals surface area (Å²) >= 11 is 0. The van der Waals surface area contributed by atoms with Gasteiger partial charge in [0.25, 0.3) is 5.91 Å². The topological polar surface area (TPSA) is 98.8 Å². The molecule has 2 fully saturated rings. The van der Waals surface area contributed by atoms with Crippen molar-refractivity contribution in [2.24, 2.45) is 23.7 Å². The monoisotopic (exact) mass is 463 g/mol. The smallest absolute Gasteiger partial charge is 0.338 e. The molecule has 0 saturated heterocycles. The Morgan fingerprint density at radius 2 is 1.53 bits per heavy atom. The number of fused-ring (bicyclic) bond motifs is 2. The molecule has 2 bridgehead atoms. The second-order valence-electron chi connectivity index (χ2n) is 8.98. The van der Waals surface area contributed by atoms with Crippen molar-refractivity contribution in [1.82, 2.24) is 0 Å². The van der Waals surface area contributed by atoms with Crippen LogP contribution in [0.15, 0.2) is 54.6 Å². The van der Waals surface area contributed by atoms with Crippen LogP contribution in [0.25, 0.3) is 0 Å². The summed E-state index contributed by atoms with van der Waals surface area (Å²) in [6.45, 7) is 1.83. The lowest BCUT2D eigenvalue weighted by molar-refractivity contribution is -0.154. The van der Waals surface area contributed by atoms with Crippen LogP contribution in [0.3, 0.4) is 0 Å². The lowest BCUT2D eigenvalue weighted by Crippen LogP contribution is -2.37. The van der Waals surface area contributed by atoms with E-state index in [-0.39, 0.29) is 17.6 Å². The van der Waals surface area contributed by atoms with E-state index in [2.05, 4.69) is 5.32 Å². The molecule has 7 heteroatoms. The summed E-state index contributed by atoms with van der Waals surface area (Å²) in [5, 5.41) is 2.66. The first-order chi connectivity index (χ1) is 16.5. The summed E-state index contributed by atoms with van der Waals surface area (Å²) in [7, 11) is 0. The Labute approximate surface area is 198 Å². The molecular weight excluding hydrogens is 434 g/mol. The molecule has 2 aromatic carbocycles. The maximum atomic E-state index is 13.1. The second kappa shape index (κ2) is 10.6. The highest BCUT2D eigenvalue weighted by Gasteiger charge is 2.54. The molecule has 0 aromatic heterocycles. The number of rotatable bonds is 9. The van der Waals surface area contributed by atoms with Crippen molar-refractivity contribution in [3.8, 4) is 0 Å². The summed E-state index contributed by atoms with van der Waals surface area (Å²) in [6, 6.07) is 15.4. The largest absolute Gasteiger partial charge is 0.462 e. The van der Waals surface area contributed by atoms with Gasteiger partial charge in [0.15, 0.2) is 12.4 Å². The van der Waals surface area contributed by atoms with Crippen molar-refractivity contribution in [3.63, 3.8) is 0 Å². The van der Waals surface area contributed by atoms with E-state index in [4.69, 9.17) is 9.47 Å². The van der Waals surface area contributed by atoms with Gasteiger partial charge in [-0.05, 0) is 61.8 Å². The number of Topliss-reactive ketones (excluding diaryl/α,β-unsaturated/α-hetero) is 1. The molecule has 34 heavy (non-hydrogen) atoms. The number of esters is 2. The quantitative estimate of drug-likeness (QED) is 0.440. The Balaban J connectivity index is 1.32. The number of carbonyl (C=O) groups is 4. The van der Waals surface area contributed by atoms with Crippen molar-refractivity contribution in [3.05, 3.63) is 65.7 Å². The van der Waals surface area contributed by atoms with E-state index < -0.39 is 36.3 Å². The van der Waals surface area contributed by atoms with Crippen molar-refractivity contribution in [2.45, 2.75) is 32.6 Å². The van der Waals surface area contributed by atoms with E-state index in [0.29, 0.717) is 23.4 Å². The molecule has 0 unspecified atom stereocenters. The maximum absolute atomic E-state index is 13.1. The van der Waals surface area contributed by atoms with Gasteiger partial charge in [-0.25, -0.2) is 4.79 Å². The number of ketones is 1. The van der Waals surface area contributed by atoms with E-state index in [0.717, 1.165) is 25.7 Å². The lowest BCUT2D eigenvalue weighted by atomic mass is 9.75. The van der Waals surface area contributed by atoms with E-state index in [9.17, 15) is 19.2 Å². The molecule has 2 aliphatic carbocycles. The summed E-state index contributed by atoms with van der Waals surface area (Å²) in [5.74, 6) is -1.99. The third-order valence-electron chi connectivity index (χ3n) is 6.74. The number of nitrogens with one attached hydrogen (secondary N) is 1. The van der Waals surface area contributed by atoms with Gasteiger partial charge in [-0.3, -0.25) is 14.4 Å². The van der Waals surface area contributed by atoms with Gasteiger partial charge < -0.3 is 14.8 Å². The molecule has 0 spiro atoms. The molecular formula is C27H29NO6. The van der Waals surface area contributed by atoms with E-state index in [1.807, 2.05) is 25.1 Å². The summed E-state index contributed by atoms with van der Waals surface area (Å²) in [4.78, 5) is 50.3. The molecule has 0 radical (unpaired) electrons. The normalized spacial score (nSPS) is 22.7. The van der Waals surface area contributed by atoms with Gasteiger partial charge >= 0.3 is 11.9 Å². The van der Waals surface area contributed by atoms with Gasteiger partial charge in [-0.15, -0.1) is 0 Å². The van der Waals surface area contributed by atoms with Crippen LogP contribution in [-0.2, 0) is 19.1 Å². The molecule has 1 amide bonds. The number of benzene rings is 2. The molecule has 0 aliphatic heterocycles. The minimum Gasteiger partial charge on any atom is -0.462 e. The van der Waals surface area contributed by atoms with Crippen LogP contribution in [-0.4, -0.2) is 36.8 Å². The number of hydrogen-bond acceptors (Lipinski definition) is 6. The highest BCUT2D eigenvalue weighted by atomic mass is 16.5. The van der Waals surface area contributed by atoms with Crippen molar-refractivity contribution < 1.29 is 28.7 Å². The predicted octanol–water partition coefficient (Wildman–Crippen LogP) is 4.28. The molecule has 1 N–H and O–H groups in total. The fourth-order valence-corrected chi connectivity index (χ4v) is 5.20. The Morgan fingerprint density at radius 1 is 0.853 bits per heavy atom. The zero-order chi connectivity index (χ0) is 24.1. The molecule has 4 atom stereocenters. The van der Waals surface area contributed by atoms with Crippen molar-refractivity contribution in [1.29, 1.82) is 0 Å². The average Bonchev–Trinajstić information content (AvgIpc) is 3.48. The van der Waals surface area contributed by atoms with Crippen LogP contribution in [0.5, 0.6) is 0 Å². The third kappa shape index (κ3) is 5.19. The van der Waals surface area contributed by atoms with Gasteiger partial charge in [0.05, 0.1) is 18.1 Å². The van der Waals surface area contributed by atoms with Gasteiger partial charge in [0.2, 0.25) is 0 Å². The standard InChI is InChI=1S/C27H29NO6/c1-2-14-33-26(31)18-10-12-21(13-11-18)28-22(29)16-34-27(32)24-20-9-8-19(15-20)23(24)25(30)17-6-4-3-5-7-17/h3-7,10-13,19-20,23-24H,2,8-9,14-16H2,1H3,(H,28,29)/t19-,20-,23+,24+/m0/s1. The fraction of sp³-hybridized carbons (Fsp3) is 0.407. The lowest BCUT2D eigenvalue weighted by Gasteiger charge is -2.28. The van der Waals surface area contributed by atoms with Crippen molar-refractivity contribution in [2.75, 3.05) is 18.5 Å². The highest BCUT2D eigenvalue weighted by molar-refractivity contribution is 6.01. The van der Waals surface area contributed by atoms with Gasteiger partial charge in [0.1, 0.15) is 0 Å². The Kier molecular flexibility index (Phi) is 7.40. The number of ether oxygens (including phenoxy) is 2. The van der Waals surface area contributed by atoms with Crippen LogP contribution in [0.1, 0.15) is 53.3 Å². The van der Waals surface area contributed by atoms with Crippen LogP contribution < -0.4 is 5.32 Å². The zero-order valence-corrected chi connectivity index (χ0v) is 19.2. The third-order valence-corrected chi connectivity index (χ3v) is 6.74. The first kappa shape index (κ1) is 23.7. The Bertz CT molecular complexity index is 1050. The first-order valence-electron chi connectivity index (χ1n) is 11.8. The van der Waals surface area contributed by atoms with Gasteiger partial charge in [-0.1, -0.05) is 37.3 Å². The molecule has 2 aliphatic rings. The molecule has 2 saturated carbocycles. The SMILES string of the molecule is CCCOC(=O)c1ccc(NC(=O)COC(=O)[C@@H]2[C@H]3CC[C@@H](C3)[C@H]2C(=O)c2ccccc2)cc1. The molecule has 4 rings (SSSR count). The fourth-order valence-electron chi connectivity index (χ4n) is 5.20. The summed E-state index contributed by atoms with van der Waals surface area (Å²) in [5.41, 5.74) is 1.48. The Morgan fingerprint density at radius 3 is 2.21 bits per heavy atom. The number of hydrogen-bond donors (Lipinski definition) is 1. The zero-order valence-electron chi connectivity index (χ0n) is 19.2. The number of anilines is 1. The van der Waals surface area contributed by atoms with E-state index >= 15 is 0 Å². The molecule has 0 heterocycles. The predicted molar refractivity (Wildman–Crippen MR) is 125 cm³/mol. The maximum Gasteiger partial charge on any atom is 0.338 e. The first-order valence-corrected chi connectivity index (χ1v) is 11.8. The number of amides is 1. The number of carbonyl (C=O) groups excluding carboxylic acids is 4. The van der Waals surface area contributed by atoms with Crippen LogP contribution in [0, 0.1) is 23.7 Å². The average molecular weight is 464 g/mol. The summed E-state index contributed by atoms with van der Waals surface area (Å²) in [6.07, 6.45) is 3.44. The van der Waals surface area contributed by atoms with Gasteiger partial charge in [0, 0.05) is 17.2 Å². The summed E-state index contributed by atoms with van der Waals surface area (Å²) < 4.78 is 10.4. The molecule has 7 nitrogen and oxygen atoms in total. The molecule has 2 aromatic rings. The van der Waals surface area contributed by atoms with Crippen molar-refractivity contribution >= 4 is 29.3 Å². The molecule has 178 valence electrons. The second-order valence-corrected chi connectivity index (χ2v) is 8.98. The van der Waals surface area contributed by atoms with E-state index in [1.165, 1.54) is 0 Å². The minimum atomic E-state index is -0.507. The van der Waals surface area contributed by atoms with Crippen LogP contribution in [0.2, 0.25) is 0 Å². The Hall–Kier alpha value is -3.48. The minimum absolute atomic E-state index is 0.0169. The van der Waals surface area contributed by atoms with Gasteiger partial charge in [-0.2, -0.15) is 0 Å². The van der Waals surface area contributed by atoms with Crippen LogP contribution in [0.4, 0.5) is 5.69 Å². The van der Waals surface area contributed by atoms with Crippen LogP contribution >= 0.6 is 0 Å².